The molecule has 1 aliphatic heterocycles. The highest BCUT2D eigenvalue weighted by Gasteiger charge is 2.34. The van der Waals surface area contributed by atoms with Crippen LogP contribution in [0.25, 0.3) is 11.3 Å². The Hall–Kier alpha value is -3.12. The van der Waals surface area contributed by atoms with Crippen LogP contribution in [0.1, 0.15) is 58.6 Å². The van der Waals surface area contributed by atoms with Gasteiger partial charge in [0.15, 0.2) is 11.6 Å². The van der Waals surface area contributed by atoms with Crippen LogP contribution >= 0.6 is 0 Å². The van der Waals surface area contributed by atoms with Gasteiger partial charge in [0.1, 0.15) is 17.3 Å². The van der Waals surface area contributed by atoms with Gasteiger partial charge in [-0.2, -0.15) is 0 Å². The van der Waals surface area contributed by atoms with Gasteiger partial charge in [-0.15, -0.1) is 0 Å². The minimum Gasteiger partial charge on any atom is -0.360 e. The van der Waals surface area contributed by atoms with Gasteiger partial charge in [0.25, 0.3) is 0 Å². The monoisotopic (exact) mass is 460 g/mol. The zero-order valence-corrected chi connectivity index (χ0v) is 19.2. The van der Waals surface area contributed by atoms with E-state index in [1.165, 1.54) is 12.1 Å². The molecule has 0 N–H and O–H groups in total. The molecule has 0 bridgehead atoms. The molecule has 0 saturated carbocycles. The Labute approximate surface area is 198 Å². The van der Waals surface area contributed by atoms with Crippen molar-refractivity contribution in [1.82, 2.24) is 10.1 Å². The fraction of sp³-hybridized carbons (Fsp3) is 0.393. The maximum atomic E-state index is 13.3. The number of rotatable bonds is 7. The number of carbonyl (C=O) groups excluding carboxylic acids is 2. The summed E-state index contributed by atoms with van der Waals surface area (Å²) in [6, 6.07) is 15.6. The average molecular weight is 461 g/mol. The van der Waals surface area contributed by atoms with E-state index in [-0.39, 0.29) is 29.2 Å². The van der Waals surface area contributed by atoms with Crippen molar-refractivity contribution in [3.63, 3.8) is 0 Å². The van der Waals surface area contributed by atoms with E-state index in [0.29, 0.717) is 22.6 Å². The minimum atomic E-state index is -0.320. The number of halogens is 1. The molecular weight excluding hydrogens is 431 g/mol. The van der Waals surface area contributed by atoms with E-state index in [2.05, 4.69) is 10.1 Å². The molecule has 5 nitrogen and oxygen atoms in total. The first-order valence-electron chi connectivity index (χ1n) is 12.2. The van der Waals surface area contributed by atoms with E-state index in [1.807, 2.05) is 30.3 Å². The Morgan fingerprint density at radius 3 is 2.50 bits per heavy atom. The summed E-state index contributed by atoms with van der Waals surface area (Å²) in [6.07, 6.45) is 5.01. The Bertz CT molecular complexity index is 1150. The van der Waals surface area contributed by atoms with Gasteiger partial charge in [-0.3, -0.25) is 9.59 Å². The lowest BCUT2D eigenvalue weighted by Crippen LogP contribution is -2.37. The van der Waals surface area contributed by atoms with Crippen LogP contribution in [0.4, 0.5) is 4.39 Å². The third kappa shape index (κ3) is 4.73. The molecule has 6 heteroatoms. The van der Waals surface area contributed by atoms with E-state index >= 15 is 0 Å². The highest BCUT2D eigenvalue weighted by molar-refractivity contribution is 6.04. The van der Waals surface area contributed by atoms with Gasteiger partial charge < -0.3 is 9.42 Å². The quantitative estimate of drug-likeness (QED) is 0.430. The molecule has 1 aliphatic carbocycles. The maximum absolute atomic E-state index is 13.3. The molecule has 3 aromatic rings. The lowest BCUT2D eigenvalue weighted by molar-refractivity contribution is 0.0825. The molecule has 176 valence electrons. The summed E-state index contributed by atoms with van der Waals surface area (Å²) in [5.41, 5.74) is 2.85. The van der Waals surface area contributed by atoms with Crippen LogP contribution in [0.15, 0.2) is 59.1 Å². The second-order valence-corrected chi connectivity index (χ2v) is 9.42. The number of benzene rings is 2. The van der Waals surface area contributed by atoms with Crippen molar-refractivity contribution in [2.45, 2.75) is 38.5 Å². The number of hydrogen-bond donors (Lipinski definition) is 0. The molecule has 5 rings (SSSR count). The molecule has 2 heterocycles. The average Bonchev–Trinajstić information content (AvgIpc) is 3.31. The molecule has 0 amide bonds. The molecular formula is C28H29FN2O3. The molecule has 1 saturated heterocycles. The molecule has 1 aromatic heterocycles. The number of fused-ring (bicyclic) bond motifs is 1. The first-order valence-corrected chi connectivity index (χ1v) is 12.2. The van der Waals surface area contributed by atoms with Crippen LogP contribution in [0, 0.1) is 17.7 Å². The zero-order chi connectivity index (χ0) is 23.5. The number of carbonyl (C=O) groups is 2. The van der Waals surface area contributed by atoms with E-state index in [0.717, 1.165) is 63.7 Å². The number of aryl methyl sites for hydroxylation is 1. The van der Waals surface area contributed by atoms with Crippen LogP contribution in [0.2, 0.25) is 0 Å². The Morgan fingerprint density at radius 2 is 1.76 bits per heavy atom. The molecule has 1 unspecified atom stereocenters. The number of ketones is 2. The van der Waals surface area contributed by atoms with Crippen LogP contribution in [0.3, 0.4) is 0 Å². The second-order valence-electron chi connectivity index (χ2n) is 9.42. The van der Waals surface area contributed by atoms with Crippen molar-refractivity contribution in [2.24, 2.45) is 11.8 Å². The normalized spacial score (nSPS) is 19.2. The van der Waals surface area contributed by atoms with Gasteiger partial charge in [-0.05, 0) is 76.0 Å². The third-order valence-corrected chi connectivity index (χ3v) is 7.26. The van der Waals surface area contributed by atoms with Gasteiger partial charge in [0.05, 0.1) is 5.56 Å². The minimum absolute atomic E-state index is 0.00468. The molecule has 0 radical (unpaired) electrons. The second kappa shape index (κ2) is 10.0. The van der Waals surface area contributed by atoms with Crippen LogP contribution in [0.5, 0.6) is 0 Å². The van der Waals surface area contributed by atoms with E-state index in [1.54, 1.807) is 12.1 Å². The van der Waals surface area contributed by atoms with Gasteiger partial charge in [-0.1, -0.05) is 35.5 Å². The van der Waals surface area contributed by atoms with Crippen molar-refractivity contribution in [3.05, 3.63) is 77.3 Å². The molecule has 2 aliphatic rings. The number of aromatic nitrogens is 1. The lowest BCUT2D eigenvalue weighted by Gasteiger charge is -2.31. The summed E-state index contributed by atoms with van der Waals surface area (Å²) >= 11 is 0. The topological polar surface area (TPSA) is 63.4 Å². The Kier molecular flexibility index (Phi) is 6.68. The van der Waals surface area contributed by atoms with Crippen LogP contribution < -0.4 is 0 Å². The van der Waals surface area contributed by atoms with Crippen LogP contribution in [-0.2, 0) is 6.42 Å². The number of likely N-dealkylation sites (tertiary alicyclic amines) is 1. The van der Waals surface area contributed by atoms with E-state index in [9.17, 15) is 14.0 Å². The first-order chi connectivity index (χ1) is 16.6. The van der Waals surface area contributed by atoms with Crippen molar-refractivity contribution >= 4 is 11.6 Å². The number of piperidine rings is 1. The standard InChI is InChI=1S/C28H29FN2O3/c29-23-11-8-21(9-12-23)27(32)22-14-17-31(18-15-22)16-4-7-20-10-13-24-25(28(20)33)26(30-34-24)19-5-2-1-3-6-19/h1-3,5-6,8-9,11-12,20,22H,4,7,10,13-18H2. The maximum Gasteiger partial charge on any atom is 0.171 e. The number of hydrogen-bond acceptors (Lipinski definition) is 5. The summed E-state index contributed by atoms with van der Waals surface area (Å²) in [5, 5.41) is 4.20. The fourth-order valence-corrected chi connectivity index (χ4v) is 5.29. The predicted octanol–water partition coefficient (Wildman–Crippen LogP) is 5.60. The molecule has 2 aromatic carbocycles. The highest BCUT2D eigenvalue weighted by atomic mass is 19.1. The number of Topliss-reactive ketones (excluding diaryl/α,β-unsaturated/α-hetero) is 2. The van der Waals surface area contributed by atoms with E-state index in [4.69, 9.17) is 4.52 Å². The van der Waals surface area contributed by atoms with E-state index < -0.39 is 0 Å². The SMILES string of the molecule is O=C(c1ccc(F)cc1)C1CCN(CCCC2CCc3onc(-c4ccccc4)c3C2=O)CC1. The largest absolute Gasteiger partial charge is 0.360 e. The first kappa shape index (κ1) is 22.7. The van der Waals surface area contributed by atoms with Gasteiger partial charge in [-0.25, -0.2) is 4.39 Å². The van der Waals surface area contributed by atoms with Crippen LogP contribution in [-0.4, -0.2) is 41.3 Å². The smallest absolute Gasteiger partial charge is 0.171 e. The molecule has 34 heavy (non-hydrogen) atoms. The van der Waals surface area contributed by atoms with Crippen molar-refractivity contribution < 1.29 is 18.5 Å². The summed E-state index contributed by atoms with van der Waals surface area (Å²) in [6.45, 7) is 2.69. The molecule has 0 spiro atoms. The Balaban J connectivity index is 1.12. The molecule has 1 fully saturated rings. The zero-order valence-electron chi connectivity index (χ0n) is 19.2. The summed E-state index contributed by atoms with van der Waals surface area (Å²) < 4.78 is 18.6. The van der Waals surface area contributed by atoms with Crippen molar-refractivity contribution in [3.8, 4) is 11.3 Å². The summed E-state index contributed by atoms with van der Waals surface area (Å²) in [7, 11) is 0. The lowest BCUT2D eigenvalue weighted by atomic mass is 9.82. The van der Waals surface area contributed by atoms with Crippen molar-refractivity contribution in [2.75, 3.05) is 19.6 Å². The molecule has 1 atom stereocenters. The fourth-order valence-electron chi connectivity index (χ4n) is 5.29. The predicted molar refractivity (Wildman–Crippen MR) is 127 cm³/mol. The van der Waals surface area contributed by atoms with Crippen molar-refractivity contribution in [1.29, 1.82) is 0 Å². The third-order valence-electron chi connectivity index (χ3n) is 7.26. The van der Waals surface area contributed by atoms with Gasteiger partial charge >= 0.3 is 0 Å². The summed E-state index contributed by atoms with van der Waals surface area (Å²) in [4.78, 5) is 28.3. The summed E-state index contributed by atoms with van der Waals surface area (Å²) in [5.74, 6) is 0.681. The Morgan fingerprint density at radius 1 is 1.03 bits per heavy atom. The number of nitrogens with zero attached hydrogens (tertiary/aromatic N) is 2. The highest BCUT2D eigenvalue weighted by Crippen LogP contribution is 2.35. The van der Waals surface area contributed by atoms with Gasteiger partial charge in [0.2, 0.25) is 0 Å². The van der Waals surface area contributed by atoms with Gasteiger partial charge in [0, 0.05) is 29.4 Å².